The van der Waals surface area contributed by atoms with Crippen LogP contribution in [-0.2, 0) is 10.0 Å². The number of rotatable bonds is 6. The molecule has 31 heavy (non-hydrogen) atoms. The monoisotopic (exact) mass is 437 g/mol. The average molecular weight is 438 g/mol. The first-order chi connectivity index (χ1) is 15.0. The summed E-state index contributed by atoms with van der Waals surface area (Å²) in [6, 6.07) is 18.7. The number of aromatic hydroxyl groups is 1. The van der Waals surface area contributed by atoms with Gasteiger partial charge in [0.2, 0.25) is 0 Å². The smallest absolute Gasteiger partial charge is 0.265 e. The zero-order valence-corrected chi connectivity index (χ0v) is 18.3. The van der Waals surface area contributed by atoms with E-state index in [-0.39, 0.29) is 0 Å². The van der Waals surface area contributed by atoms with Crippen molar-refractivity contribution in [2.45, 2.75) is 17.7 Å². The normalized spacial score (nSPS) is 18.1. The summed E-state index contributed by atoms with van der Waals surface area (Å²) >= 11 is 0. The molecule has 0 saturated carbocycles. The third-order valence-electron chi connectivity index (χ3n) is 6.35. The predicted octanol–water partition coefficient (Wildman–Crippen LogP) is 3.66. The lowest BCUT2D eigenvalue weighted by atomic mass is 10.1. The van der Waals surface area contributed by atoms with E-state index in [0.29, 0.717) is 17.2 Å². The molecule has 0 amide bonds. The highest BCUT2D eigenvalue weighted by molar-refractivity contribution is 7.93. The lowest BCUT2D eigenvalue weighted by molar-refractivity contribution is 0.253. The molecule has 1 N–H and O–H groups in total. The van der Waals surface area contributed by atoms with Gasteiger partial charge in [0.1, 0.15) is 5.75 Å². The molecule has 2 aliphatic heterocycles. The topological polar surface area (TPSA) is 64.1 Å². The van der Waals surface area contributed by atoms with Gasteiger partial charge < -0.3 is 10.0 Å². The average Bonchev–Trinajstić information content (AvgIpc) is 3.01. The summed E-state index contributed by atoms with van der Waals surface area (Å²) < 4.78 is 27.7. The Morgan fingerprint density at radius 2 is 1.48 bits per heavy atom. The van der Waals surface area contributed by atoms with E-state index in [4.69, 9.17) is 0 Å². The van der Waals surface area contributed by atoms with Gasteiger partial charge >= 0.3 is 0 Å². The van der Waals surface area contributed by atoms with Gasteiger partial charge in [-0.25, -0.2) is 8.42 Å². The third-order valence-corrected chi connectivity index (χ3v) is 8.21. The zero-order valence-electron chi connectivity index (χ0n) is 17.4. The van der Waals surface area contributed by atoms with Gasteiger partial charge in [-0.1, -0.05) is 24.3 Å². The van der Waals surface area contributed by atoms with Gasteiger partial charge in [-0.2, -0.15) is 0 Å². The second kappa shape index (κ2) is 8.05. The number of sulfonamides is 1. The molecule has 0 atom stereocenters. The van der Waals surface area contributed by atoms with Gasteiger partial charge in [0.15, 0.2) is 0 Å². The van der Waals surface area contributed by atoms with Crippen molar-refractivity contribution in [1.29, 1.82) is 0 Å². The Kier molecular flexibility index (Phi) is 5.24. The van der Waals surface area contributed by atoms with Crippen molar-refractivity contribution in [1.82, 2.24) is 4.90 Å². The fourth-order valence-corrected chi connectivity index (χ4v) is 6.43. The SMILES string of the molecule is O=S1(=O)c2cccc3cccc(c23)N1CCCCN1CCN(c2ccc(O)cc2)CC1. The van der Waals surface area contributed by atoms with Crippen LogP contribution >= 0.6 is 0 Å². The first-order valence-electron chi connectivity index (χ1n) is 10.8. The van der Waals surface area contributed by atoms with Crippen molar-refractivity contribution >= 4 is 32.2 Å². The number of unbranched alkanes of at least 4 members (excludes halogenated alkanes) is 1. The van der Waals surface area contributed by atoms with E-state index in [1.54, 1.807) is 22.5 Å². The van der Waals surface area contributed by atoms with E-state index in [9.17, 15) is 13.5 Å². The van der Waals surface area contributed by atoms with Crippen LogP contribution in [0.5, 0.6) is 5.75 Å². The van der Waals surface area contributed by atoms with Crippen LogP contribution in [0, 0.1) is 0 Å². The Morgan fingerprint density at radius 3 is 2.23 bits per heavy atom. The van der Waals surface area contributed by atoms with Crippen LogP contribution in [0.2, 0.25) is 0 Å². The summed E-state index contributed by atoms with van der Waals surface area (Å²) in [6.07, 6.45) is 1.80. The van der Waals surface area contributed by atoms with E-state index >= 15 is 0 Å². The third kappa shape index (κ3) is 3.72. The second-order valence-electron chi connectivity index (χ2n) is 8.26. The quantitative estimate of drug-likeness (QED) is 0.597. The first kappa shape index (κ1) is 20.2. The van der Waals surface area contributed by atoms with E-state index in [2.05, 4.69) is 9.80 Å². The van der Waals surface area contributed by atoms with E-state index < -0.39 is 10.0 Å². The van der Waals surface area contributed by atoms with Crippen molar-refractivity contribution in [2.24, 2.45) is 0 Å². The molecule has 3 aromatic rings. The van der Waals surface area contributed by atoms with Crippen LogP contribution in [0.1, 0.15) is 12.8 Å². The molecule has 0 spiro atoms. The van der Waals surface area contributed by atoms with Crippen LogP contribution in [0.4, 0.5) is 11.4 Å². The van der Waals surface area contributed by atoms with Gasteiger partial charge in [0.05, 0.1) is 10.6 Å². The van der Waals surface area contributed by atoms with Crippen LogP contribution in [0.25, 0.3) is 10.8 Å². The lowest BCUT2D eigenvalue weighted by Crippen LogP contribution is -2.46. The summed E-state index contributed by atoms with van der Waals surface area (Å²) in [5.74, 6) is 0.293. The summed E-state index contributed by atoms with van der Waals surface area (Å²) in [5.41, 5.74) is 1.96. The molecule has 0 radical (unpaired) electrons. The Hall–Kier alpha value is -2.77. The van der Waals surface area contributed by atoms with Crippen molar-refractivity contribution in [3.05, 3.63) is 60.7 Å². The molecule has 0 aromatic heterocycles. The van der Waals surface area contributed by atoms with Gasteiger partial charge in [0.25, 0.3) is 10.0 Å². The van der Waals surface area contributed by atoms with Crippen molar-refractivity contribution in [3.8, 4) is 5.75 Å². The van der Waals surface area contributed by atoms with Crippen LogP contribution in [-0.4, -0.2) is 57.7 Å². The molecule has 2 aliphatic rings. The van der Waals surface area contributed by atoms with Crippen LogP contribution < -0.4 is 9.21 Å². The number of hydrogen-bond donors (Lipinski definition) is 1. The molecule has 1 saturated heterocycles. The number of hydrogen-bond acceptors (Lipinski definition) is 5. The maximum Gasteiger partial charge on any atom is 0.265 e. The molecule has 2 heterocycles. The standard InChI is InChI=1S/C24H27N3O3S/c28-21-11-9-20(10-12-21)26-17-15-25(16-18-26)13-1-2-14-27-22-7-3-5-19-6-4-8-23(24(19)22)31(27,29)30/h3-12,28H,1-2,13-18H2. The summed E-state index contributed by atoms with van der Waals surface area (Å²) in [7, 11) is -3.45. The zero-order chi connectivity index (χ0) is 21.4. The first-order valence-corrected chi connectivity index (χ1v) is 12.3. The maximum absolute atomic E-state index is 13.0. The highest BCUT2D eigenvalue weighted by Gasteiger charge is 2.34. The van der Waals surface area contributed by atoms with Crippen molar-refractivity contribution in [3.63, 3.8) is 0 Å². The fraction of sp³-hybridized carbons (Fsp3) is 0.333. The number of benzene rings is 3. The number of phenolic OH excluding ortho intramolecular Hbond substituents is 1. The molecule has 162 valence electrons. The maximum atomic E-state index is 13.0. The molecule has 5 rings (SSSR count). The Labute approximate surface area is 183 Å². The number of nitrogens with zero attached hydrogens (tertiary/aromatic N) is 3. The Morgan fingerprint density at radius 1 is 0.806 bits per heavy atom. The molecule has 0 aliphatic carbocycles. The van der Waals surface area contributed by atoms with Gasteiger partial charge in [0, 0.05) is 43.8 Å². The number of piperazine rings is 1. The van der Waals surface area contributed by atoms with E-state index in [1.165, 1.54) is 0 Å². The molecular weight excluding hydrogens is 410 g/mol. The predicted molar refractivity (Wildman–Crippen MR) is 124 cm³/mol. The second-order valence-corrected chi connectivity index (χ2v) is 10.1. The molecular formula is C24H27N3O3S. The Balaban J connectivity index is 1.14. The molecule has 7 heteroatoms. The number of anilines is 2. The fourth-order valence-electron chi connectivity index (χ4n) is 4.68. The summed E-state index contributed by atoms with van der Waals surface area (Å²) in [5, 5.41) is 11.3. The van der Waals surface area contributed by atoms with E-state index in [0.717, 1.165) is 67.7 Å². The molecule has 3 aromatic carbocycles. The largest absolute Gasteiger partial charge is 0.508 e. The van der Waals surface area contributed by atoms with Crippen LogP contribution in [0.15, 0.2) is 65.6 Å². The van der Waals surface area contributed by atoms with Gasteiger partial charge in [-0.15, -0.1) is 0 Å². The van der Waals surface area contributed by atoms with Gasteiger partial charge in [-0.3, -0.25) is 9.21 Å². The Bertz CT molecular complexity index is 1180. The molecule has 0 unspecified atom stereocenters. The minimum atomic E-state index is -3.45. The molecule has 1 fully saturated rings. The van der Waals surface area contributed by atoms with Crippen LogP contribution in [0.3, 0.4) is 0 Å². The summed E-state index contributed by atoms with van der Waals surface area (Å²) in [6.45, 7) is 5.41. The highest BCUT2D eigenvalue weighted by Crippen LogP contribution is 2.41. The summed E-state index contributed by atoms with van der Waals surface area (Å²) in [4.78, 5) is 5.22. The van der Waals surface area contributed by atoms with Gasteiger partial charge in [-0.05, 0) is 61.2 Å². The lowest BCUT2D eigenvalue weighted by Gasteiger charge is -2.36. The molecule has 6 nitrogen and oxygen atoms in total. The highest BCUT2D eigenvalue weighted by atomic mass is 32.2. The van der Waals surface area contributed by atoms with Crippen molar-refractivity contribution < 1.29 is 13.5 Å². The molecule has 0 bridgehead atoms. The van der Waals surface area contributed by atoms with E-state index in [1.807, 2.05) is 42.5 Å². The number of phenols is 1. The minimum absolute atomic E-state index is 0.293. The minimum Gasteiger partial charge on any atom is -0.508 e. The van der Waals surface area contributed by atoms with Crippen molar-refractivity contribution in [2.75, 3.05) is 48.5 Å².